The molecule has 124 valence electrons. The number of benzene rings is 1. The summed E-state index contributed by atoms with van der Waals surface area (Å²) in [5, 5.41) is 19.7. The Balaban J connectivity index is 1.89. The molecule has 0 amide bonds. The standard InChI is InChI=1S/C17H28N2O3/c1-14-10-18(11-15(2)22-14)12-17(21)13-19(8-9-20)16-6-4-3-5-7-16/h3-7,14-15,17,20-21H,8-13H2,1-2H3. The Kier molecular flexibility index (Phi) is 6.64. The molecule has 0 aromatic heterocycles. The molecule has 1 aliphatic heterocycles. The number of morpholine rings is 1. The van der Waals surface area contributed by atoms with Crippen LogP contribution in [0.5, 0.6) is 0 Å². The smallest absolute Gasteiger partial charge is 0.0841 e. The van der Waals surface area contributed by atoms with Crippen LogP contribution in [0.4, 0.5) is 5.69 Å². The molecule has 5 heteroatoms. The zero-order chi connectivity index (χ0) is 15.9. The lowest BCUT2D eigenvalue weighted by atomic mass is 10.2. The van der Waals surface area contributed by atoms with E-state index in [0.29, 0.717) is 19.6 Å². The number of aliphatic hydroxyl groups excluding tert-OH is 2. The van der Waals surface area contributed by atoms with Crippen LogP contribution in [0.15, 0.2) is 30.3 Å². The predicted molar refractivity (Wildman–Crippen MR) is 88.2 cm³/mol. The van der Waals surface area contributed by atoms with E-state index in [1.54, 1.807) is 0 Å². The topological polar surface area (TPSA) is 56.2 Å². The van der Waals surface area contributed by atoms with Gasteiger partial charge in [0.05, 0.1) is 24.9 Å². The summed E-state index contributed by atoms with van der Waals surface area (Å²) in [6, 6.07) is 9.91. The molecule has 0 aliphatic carbocycles. The first-order valence-corrected chi connectivity index (χ1v) is 8.05. The van der Waals surface area contributed by atoms with Crippen molar-refractivity contribution in [3.05, 3.63) is 30.3 Å². The van der Waals surface area contributed by atoms with Gasteiger partial charge >= 0.3 is 0 Å². The predicted octanol–water partition coefficient (Wildman–Crippen LogP) is 0.955. The molecule has 2 rings (SSSR count). The minimum atomic E-state index is -0.454. The van der Waals surface area contributed by atoms with Gasteiger partial charge in [0, 0.05) is 38.4 Å². The second-order valence-corrected chi connectivity index (χ2v) is 6.13. The first-order valence-electron chi connectivity index (χ1n) is 8.05. The Labute approximate surface area is 133 Å². The van der Waals surface area contributed by atoms with E-state index in [1.165, 1.54) is 0 Å². The number of β-amino-alcohol motifs (C(OH)–C–C–N with tert-alkyl or cyclic N) is 1. The average molecular weight is 308 g/mol. The van der Waals surface area contributed by atoms with Gasteiger partial charge in [0.25, 0.3) is 0 Å². The molecule has 2 N–H and O–H groups in total. The SMILES string of the molecule is CC1CN(CC(O)CN(CCO)c2ccccc2)CC(C)O1. The van der Waals surface area contributed by atoms with Crippen LogP contribution in [-0.4, -0.2) is 72.8 Å². The van der Waals surface area contributed by atoms with E-state index in [4.69, 9.17) is 4.74 Å². The van der Waals surface area contributed by atoms with Crippen molar-refractivity contribution >= 4 is 5.69 Å². The number of aliphatic hydroxyl groups is 2. The summed E-state index contributed by atoms with van der Waals surface area (Å²) >= 11 is 0. The number of hydrogen-bond acceptors (Lipinski definition) is 5. The van der Waals surface area contributed by atoms with Gasteiger partial charge in [0.15, 0.2) is 0 Å². The van der Waals surface area contributed by atoms with Crippen LogP contribution in [0.1, 0.15) is 13.8 Å². The van der Waals surface area contributed by atoms with Crippen LogP contribution in [0.2, 0.25) is 0 Å². The fourth-order valence-corrected chi connectivity index (χ4v) is 3.13. The largest absolute Gasteiger partial charge is 0.395 e. The van der Waals surface area contributed by atoms with Crippen molar-refractivity contribution in [3.8, 4) is 0 Å². The van der Waals surface area contributed by atoms with Crippen LogP contribution in [-0.2, 0) is 4.74 Å². The lowest BCUT2D eigenvalue weighted by Crippen LogP contribution is -2.50. The summed E-state index contributed by atoms with van der Waals surface area (Å²) < 4.78 is 5.72. The maximum atomic E-state index is 10.4. The molecular formula is C17H28N2O3. The van der Waals surface area contributed by atoms with Gasteiger partial charge in [-0.3, -0.25) is 4.90 Å². The molecule has 1 aromatic carbocycles. The van der Waals surface area contributed by atoms with E-state index in [9.17, 15) is 10.2 Å². The molecule has 0 saturated carbocycles. The maximum Gasteiger partial charge on any atom is 0.0841 e. The highest BCUT2D eigenvalue weighted by Gasteiger charge is 2.24. The van der Waals surface area contributed by atoms with Gasteiger partial charge in [0.1, 0.15) is 0 Å². The zero-order valence-electron chi connectivity index (χ0n) is 13.6. The minimum Gasteiger partial charge on any atom is -0.395 e. The van der Waals surface area contributed by atoms with Gasteiger partial charge in [0.2, 0.25) is 0 Å². The highest BCUT2D eigenvalue weighted by atomic mass is 16.5. The molecule has 1 heterocycles. The van der Waals surface area contributed by atoms with E-state index >= 15 is 0 Å². The molecule has 22 heavy (non-hydrogen) atoms. The van der Waals surface area contributed by atoms with Crippen LogP contribution in [0.25, 0.3) is 0 Å². The average Bonchev–Trinajstić information content (AvgIpc) is 2.46. The lowest BCUT2D eigenvalue weighted by Gasteiger charge is -2.37. The lowest BCUT2D eigenvalue weighted by molar-refractivity contribution is -0.0758. The third-order valence-electron chi connectivity index (χ3n) is 3.89. The molecule has 1 saturated heterocycles. The van der Waals surface area contributed by atoms with Gasteiger partial charge in [-0.15, -0.1) is 0 Å². The number of ether oxygens (including phenoxy) is 1. The Morgan fingerprint density at radius 3 is 2.45 bits per heavy atom. The Hall–Kier alpha value is -1.14. The van der Waals surface area contributed by atoms with Crippen molar-refractivity contribution in [2.45, 2.75) is 32.2 Å². The molecule has 0 radical (unpaired) electrons. The van der Waals surface area contributed by atoms with Gasteiger partial charge < -0.3 is 19.8 Å². The molecule has 3 unspecified atom stereocenters. The molecule has 0 spiro atoms. The Morgan fingerprint density at radius 2 is 1.86 bits per heavy atom. The van der Waals surface area contributed by atoms with E-state index in [0.717, 1.165) is 18.8 Å². The number of hydrogen-bond donors (Lipinski definition) is 2. The zero-order valence-corrected chi connectivity index (χ0v) is 13.6. The van der Waals surface area contributed by atoms with Crippen LogP contribution >= 0.6 is 0 Å². The first kappa shape index (κ1) is 17.2. The molecular weight excluding hydrogens is 280 g/mol. The van der Waals surface area contributed by atoms with Crippen molar-refractivity contribution in [1.82, 2.24) is 4.90 Å². The van der Waals surface area contributed by atoms with Gasteiger partial charge in [-0.1, -0.05) is 18.2 Å². The van der Waals surface area contributed by atoms with E-state index in [2.05, 4.69) is 18.7 Å². The monoisotopic (exact) mass is 308 g/mol. The summed E-state index contributed by atoms with van der Waals surface area (Å²) in [6.07, 6.45) is -0.0403. The third kappa shape index (κ3) is 5.25. The number of nitrogens with zero attached hydrogens (tertiary/aromatic N) is 2. The van der Waals surface area contributed by atoms with Crippen molar-refractivity contribution in [3.63, 3.8) is 0 Å². The van der Waals surface area contributed by atoms with Crippen molar-refractivity contribution in [1.29, 1.82) is 0 Å². The van der Waals surface area contributed by atoms with Gasteiger partial charge in [-0.05, 0) is 26.0 Å². The molecule has 1 aromatic rings. The van der Waals surface area contributed by atoms with Crippen molar-refractivity contribution in [2.75, 3.05) is 44.2 Å². The van der Waals surface area contributed by atoms with E-state index in [-0.39, 0.29) is 18.8 Å². The number of rotatable bonds is 7. The summed E-state index contributed by atoms with van der Waals surface area (Å²) in [4.78, 5) is 4.28. The normalized spacial score (nSPS) is 24.2. The van der Waals surface area contributed by atoms with Crippen LogP contribution < -0.4 is 4.90 Å². The molecule has 0 bridgehead atoms. The van der Waals surface area contributed by atoms with Gasteiger partial charge in [-0.25, -0.2) is 0 Å². The summed E-state index contributed by atoms with van der Waals surface area (Å²) in [7, 11) is 0. The summed E-state index contributed by atoms with van der Waals surface area (Å²) in [5.41, 5.74) is 1.03. The van der Waals surface area contributed by atoms with Crippen molar-refractivity contribution in [2.24, 2.45) is 0 Å². The van der Waals surface area contributed by atoms with E-state index < -0.39 is 6.10 Å². The fourth-order valence-electron chi connectivity index (χ4n) is 3.13. The Bertz CT molecular complexity index is 419. The molecule has 1 aliphatic rings. The number of para-hydroxylation sites is 1. The Morgan fingerprint density at radius 1 is 1.23 bits per heavy atom. The van der Waals surface area contributed by atoms with E-state index in [1.807, 2.05) is 35.2 Å². The van der Waals surface area contributed by atoms with Crippen LogP contribution in [0.3, 0.4) is 0 Å². The van der Waals surface area contributed by atoms with Crippen LogP contribution in [0, 0.1) is 0 Å². The second kappa shape index (κ2) is 8.48. The quantitative estimate of drug-likeness (QED) is 0.786. The third-order valence-corrected chi connectivity index (χ3v) is 3.89. The van der Waals surface area contributed by atoms with Gasteiger partial charge in [-0.2, -0.15) is 0 Å². The minimum absolute atomic E-state index is 0.0766. The first-order chi connectivity index (χ1) is 10.6. The summed E-state index contributed by atoms with van der Waals surface area (Å²) in [5.74, 6) is 0. The maximum absolute atomic E-state index is 10.4. The second-order valence-electron chi connectivity index (χ2n) is 6.13. The molecule has 5 nitrogen and oxygen atoms in total. The number of anilines is 1. The highest BCUT2D eigenvalue weighted by molar-refractivity contribution is 5.46. The summed E-state index contributed by atoms with van der Waals surface area (Å²) in [6.45, 7) is 7.59. The fraction of sp³-hybridized carbons (Fsp3) is 0.647. The molecule has 3 atom stereocenters. The van der Waals surface area contributed by atoms with Crippen molar-refractivity contribution < 1.29 is 14.9 Å². The molecule has 1 fully saturated rings. The highest BCUT2D eigenvalue weighted by Crippen LogP contribution is 2.15.